The Hall–Kier alpha value is -3.38. The topological polar surface area (TPSA) is 85.4 Å². The number of anilines is 1. The number of nitrogens with zero attached hydrogens (tertiary/aromatic N) is 1. The van der Waals surface area contributed by atoms with Gasteiger partial charge in [0.2, 0.25) is 0 Å². The van der Waals surface area contributed by atoms with Gasteiger partial charge < -0.3 is 20.3 Å². The predicted molar refractivity (Wildman–Crippen MR) is 125 cm³/mol. The summed E-state index contributed by atoms with van der Waals surface area (Å²) >= 11 is 0. The second-order valence-corrected chi connectivity index (χ2v) is 8.74. The maximum Gasteiger partial charge on any atom is 0.341 e. The van der Waals surface area contributed by atoms with Gasteiger partial charge in [0.1, 0.15) is 5.56 Å². The number of hydrogen-bond donors (Lipinski definition) is 3. The minimum absolute atomic E-state index is 0.214. The Morgan fingerprint density at radius 1 is 1.09 bits per heavy atom. The number of fused-ring (bicyclic) bond motifs is 1. The first-order chi connectivity index (χ1) is 15.5. The van der Waals surface area contributed by atoms with Crippen LogP contribution in [-0.4, -0.2) is 35.2 Å². The van der Waals surface area contributed by atoms with Crippen LogP contribution in [0.5, 0.6) is 0 Å². The van der Waals surface area contributed by atoms with Crippen LogP contribution in [0.1, 0.15) is 28.4 Å². The van der Waals surface area contributed by atoms with E-state index in [9.17, 15) is 14.7 Å². The van der Waals surface area contributed by atoms with Gasteiger partial charge in [-0.05, 0) is 53.1 Å². The SMILES string of the molecule is CCc1cc(C(=O)O)c(=O)[nH]c1-c1ccc(N2CC3C(C2)C3NCc2ccccc2)cc1. The second kappa shape index (κ2) is 8.28. The average Bonchev–Trinajstić information content (AvgIpc) is 3.26. The molecular weight excluding hydrogens is 402 g/mol. The molecule has 2 aromatic carbocycles. The Balaban J connectivity index is 1.24. The molecule has 5 rings (SSSR count). The number of carboxylic acids is 1. The summed E-state index contributed by atoms with van der Waals surface area (Å²) in [6.45, 7) is 4.99. The van der Waals surface area contributed by atoms with Crippen molar-refractivity contribution < 1.29 is 9.90 Å². The summed E-state index contributed by atoms with van der Waals surface area (Å²) in [6.07, 6.45) is 0.640. The summed E-state index contributed by atoms with van der Waals surface area (Å²) in [5, 5.41) is 12.9. The molecule has 3 aromatic rings. The van der Waals surface area contributed by atoms with Gasteiger partial charge in [-0.1, -0.05) is 49.4 Å². The number of benzene rings is 2. The summed E-state index contributed by atoms with van der Waals surface area (Å²) in [5.41, 5.74) is 4.15. The molecule has 2 unspecified atom stereocenters. The van der Waals surface area contributed by atoms with E-state index in [4.69, 9.17) is 0 Å². The maximum atomic E-state index is 12.2. The number of carbonyl (C=O) groups is 1. The summed E-state index contributed by atoms with van der Waals surface area (Å²) in [6, 6.07) is 20.8. The molecule has 164 valence electrons. The van der Waals surface area contributed by atoms with E-state index >= 15 is 0 Å². The van der Waals surface area contributed by atoms with Gasteiger partial charge in [-0.2, -0.15) is 0 Å². The quantitative estimate of drug-likeness (QED) is 0.535. The number of carboxylic acid groups (broad SMARTS) is 1. The van der Waals surface area contributed by atoms with Crippen LogP contribution >= 0.6 is 0 Å². The zero-order valence-electron chi connectivity index (χ0n) is 18.0. The number of aromatic amines is 1. The summed E-state index contributed by atoms with van der Waals surface area (Å²) < 4.78 is 0. The highest BCUT2D eigenvalue weighted by atomic mass is 16.4. The fourth-order valence-corrected chi connectivity index (χ4v) is 4.98. The molecule has 1 aromatic heterocycles. The lowest BCUT2D eigenvalue weighted by molar-refractivity contribution is 0.0695. The van der Waals surface area contributed by atoms with E-state index in [0.29, 0.717) is 30.0 Å². The number of aromatic carboxylic acids is 1. The van der Waals surface area contributed by atoms with Crippen LogP contribution in [0, 0.1) is 11.8 Å². The minimum Gasteiger partial charge on any atom is -0.477 e. The first kappa shape index (κ1) is 20.5. The van der Waals surface area contributed by atoms with E-state index in [-0.39, 0.29) is 5.56 Å². The fourth-order valence-electron chi connectivity index (χ4n) is 4.98. The molecule has 3 N–H and O–H groups in total. The lowest BCUT2D eigenvalue weighted by Gasteiger charge is -2.23. The maximum absolute atomic E-state index is 12.2. The highest BCUT2D eigenvalue weighted by molar-refractivity contribution is 5.88. The summed E-state index contributed by atoms with van der Waals surface area (Å²) in [4.78, 5) is 28.6. The van der Waals surface area contributed by atoms with Crippen molar-refractivity contribution in [1.82, 2.24) is 10.3 Å². The Kier molecular flexibility index (Phi) is 5.31. The number of aryl methyl sites for hydroxylation is 1. The van der Waals surface area contributed by atoms with Crippen molar-refractivity contribution >= 4 is 11.7 Å². The van der Waals surface area contributed by atoms with Gasteiger partial charge in [-0.25, -0.2) is 4.79 Å². The van der Waals surface area contributed by atoms with E-state index < -0.39 is 11.5 Å². The second-order valence-electron chi connectivity index (χ2n) is 8.74. The van der Waals surface area contributed by atoms with Crippen molar-refractivity contribution in [2.45, 2.75) is 25.9 Å². The molecule has 6 nitrogen and oxygen atoms in total. The number of aromatic nitrogens is 1. The number of nitrogens with one attached hydrogen (secondary N) is 2. The molecule has 0 bridgehead atoms. The molecule has 2 atom stereocenters. The van der Waals surface area contributed by atoms with Gasteiger partial charge in [0.05, 0.1) is 5.69 Å². The van der Waals surface area contributed by atoms with Crippen LogP contribution < -0.4 is 15.8 Å². The third kappa shape index (κ3) is 3.82. The van der Waals surface area contributed by atoms with E-state index in [2.05, 4.69) is 51.6 Å². The first-order valence-electron chi connectivity index (χ1n) is 11.2. The van der Waals surface area contributed by atoms with E-state index in [1.165, 1.54) is 17.3 Å². The van der Waals surface area contributed by atoms with Crippen molar-refractivity contribution in [3.05, 3.63) is 87.7 Å². The molecular formula is C26H27N3O3. The zero-order valence-corrected chi connectivity index (χ0v) is 18.0. The monoisotopic (exact) mass is 429 g/mol. The smallest absolute Gasteiger partial charge is 0.341 e. The van der Waals surface area contributed by atoms with Crippen molar-refractivity contribution in [1.29, 1.82) is 0 Å². The zero-order chi connectivity index (χ0) is 22.2. The van der Waals surface area contributed by atoms with Gasteiger partial charge in [0, 0.05) is 31.4 Å². The number of H-pyrrole nitrogens is 1. The van der Waals surface area contributed by atoms with Crippen LogP contribution in [0.4, 0.5) is 5.69 Å². The Morgan fingerprint density at radius 2 is 1.78 bits per heavy atom. The van der Waals surface area contributed by atoms with E-state index in [1.54, 1.807) is 0 Å². The van der Waals surface area contributed by atoms with Gasteiger partial charge in [-0.3, -0.25) is 4.79 Å². The Bertz CT molecular complexity index is 1180. The van der Waals surface area contributed by atoms with Gasteiger partial charge in [0.25, 0.3) is 5.56 Å². The Labute approximate surface area is 186 Å². The third-order valence-corrected chi connectivity index (χ3v) is 6.83. The van der Waals surface area contributed by atoms with Crippen LogP contribution in [-0.2, 0) is 13.0 Å². The molecule has 1 saturated carbocycles. The molecule has 0 spiro atoms. The molecule has 6 heteroatoms. The molecule has 1 aliphatic heterocycles. The van der Waals surface area contributed by atoms with Crippen molar-refractivity contribution in [3.8, 4) is 11.3 Å². The highest BCUT2D eigenvalue weighted by Crippen LogP contribution is 2.47. The lowest BCUT2D eigenvalue weighted by atomic mass is 10.0. The van der Waals surface area contributed by atoms with Gasteiger partial charge in [0.15, 0.2) is 0 Å². The van der Waals surface area contributed by atoms with Gasteiger partial charge in [-0.15, -0.1) is 0 Å². The third-order valence-electron chi connectivity index (χ3n) is 6.83. The number of piperidine rings is 1. The normalized spacial score (nSPS) is 21.4. The standard InChI is InChI=1S/C26H27N3O3/c1-2-17-12-20(26(31)32)25(30)28-23(17)18-8-10-19(11-9-18)29-14-21-22(15-29)24(21)27-13-16-6-4-3-5-7-16/h3-12,21-22,24,27H,2,13-15H2,1H3,(H,28,30)(H,31,32). The van der Waals surface area contributed by atoms with Crippen molar-refractivity contribution in [2.24, 2.45) is 11.8 Å². The largest absolute Gasteiger partial charge is 0.477 e. The summed E-state index contributed by atoms with van der Waals surface area (Å²) in [7, 11) is 0. The molecule has 1 saturated heterocycles. The van der Waals surface area contributed by atoms with Crippen molar-refractivity contribution in [2.75, 3.05) is 18.0 Å². The molecule has 2 heterocycles. The highest BCUT2D eigenvalue weighted by Gasteiger charge is 2.55. The van der Waals surface area contributed by atoms with Crippen LogP contribution in [0.15, 0.2) is 65.5 Å². The van der Waals surface area contributed by atoms with Crippen LogP contribution in [0.3, 0.4) is 0 Å². The lowest BCUT2D eigenvalue weighted by Crippen LogP contribution is -2.31. The number of pyridine rings is 1. The summed E-state index contributed by atoms with van der Waals surface area (Å²) in [5.74, 6) is 0.196. The van der Waals surface area contributed by atoms with Crippen LogP contribution in [0.25, 0.3) is 11.3 Å². The molecule has 0 amide bonds. The van der Waals surface area contributed by atoms with Gasteiger partial charge >= 0.3 is 5.97 Å². The first-order valence-corrected chi connectivity index (χ1v) is 11.2. The fraction of sp³-hybridized carbons (Fsp3) is 0.308. The predicted octanol–water partition coefficient (Wildman–Crippen LogP) is 3.53. The van der Waals surface area contributed by atoms with E-state index in [0.717, 1.165) is 30.8 Å². The van der Waals surface area contributed by atoms with Crippen LogP contribution in [0.2, 0.25) is 0 Å². The number of hydrogen-bond acceptors (Lipinski definition) is 4. The minimum atomic E-state index is -1.20. The van der Waals surface area contributed by atoms with E-state index in [1.807, 2.05) is 25.1 Å². The van der Waals surface area contributed by atoms with Crippen molar-refractivity contribution in [3.63, 3.8) is 0 Å². The Morgan fingerprint density at radius 3 is 2.41 bits per heavy atom. The molecule has 2 fully saturated rings. The molecule has 32 heavy (non-hydrogen) atoms. The molecule has 0 radical (unpaired) electrons. The molecule has 1 aliphatic carbocycles. The average molecular weight is 430 g/mol. The molecule has 2 aliphatic rings. The number of rotatable bonds is 7.